The number of hydrogen-bond donors (Lipinski definition) is 0. The summed E-state index contributed by atoms with van der Waals surface area (Å²) in [5, 5.41) is 0. The van der Waals surface area contributed by atoms with E-state index in [9.17, 15) is 4.79 Å². The zero-order valence-electron chi connectivity index (χ0n) is 4.29. The van der Waals surface area contributed by atoms with Crippen LogP contribution in [0.1, 0.15) is 0 Å². The molecule has 1 heterocycles. The van der Waals surface area contributed by atoms with Crippen molar-refractivity contribution < 1.29 is 14.3 Å². The second-order valence-electron chi connectivity index (χ2n) is 1.47. The summed E-state index contributed by atoms with van der Waals surface area (Å²) in [5.74, 6) is 0.516. The standard InChI is InChI=1S/C5H6O3/c1-4-3-7-5(2-6)8-4/h2,5H,1,3H2. The Morgan fingerprint density at radius 3 is 2.88 bits per heavy atom. The molecule has 0 N–H and O–H groups in total. The second kappa shape index (κ2) is 1.96. The fraction of sp³-hybridized carbons (Fsp3) is 0.400. The second-order valence-corrected chi connectivity index (χ2v) is 1.47. The first-order valence-electron chi connectivity index (χ1n) is 2.24. The largest absolute Gasteiger partial charge is 0.460 e. The molecule has 1 rings (SSSR count). The molecular weight excluding hydrogens is 108 g/mol. The van der Waals surface area contributed by atoms with Gasteiger partial charge in [-0.25, -0.2) is 0 Å². The minimum atomic E-state index is -0.706. The van der Waals surface area contributed by atoms with E-state index in [1.54, 1.807) is 0 Å². The molecule has 1 aliphatic heterocycles. The van der Waals surface area contributed by atoms with Gasteiger partial charge in [-0.2, -0.15) is 0 Å². The summed E-state index contributed by atoms with van der Waals surface area (Å²) in [6.07, 6.45) is -0.111. The van der Waals surface area contributed by atoms with E-state index in [1.807, 2.05) is 0 Å². The minimum Gasteiger partial charge on any atom is -0.460 e. The molecule has 0 spiro atoms. The summed E-state index contributed by atoms with van der Waals surface area (Å²) in [6, 6.07) is 0. The lowest BCUT2D eigenvalue weighted by Gasteiger charge is -1.96. The van der Waals surface area contributed by atoms with Crippen LogP contribution in [0.15, 0.2) is 12.3 Å². The molecule has 1 saturated heterocycles. The Hall–Kier alpha value is -0.830. The summed E-state index contributed by atoms with van der Waals surface area (Å²) in [6.45, 7) is 3.78. The van der Waals surface area contributed by atoms with Crippen LogP contribution in [0, 0.1) is 0 Å². The van der Waals surface area contributed by atoms with Gasteiger partial charge < -0.3 is 9.47 Å². The van der Waals surface area contributed by atoms with E-state index in [-0.39, 0.29) is 0 Å². The molecule has 1 unspecified atom stereocenters. The number of rotatable bonds is 1. The summed E-state index contributed by atoms with van der Waals surface area (Å²) >= 11 is 0. The summed E-state index contributed by atoms with van der Waals surface area (Å²) in [4.78, 5) is 9.86. The maximum Gasteiger partial charge on any atom is 0.256 e. The van der Waals surface area contributed by atoms with Crippen LogP contribution in [0.3, 0.4) is 0 Å². The van der Waals surface area contributed by atoms with Gasteiger partial charge in [-0.3, -0.25) is 4.79 Å². The van der Waals surface area contributed by atoms with E-state index in [4.69, 9.17) is 9.47 Å². The third-order valence-corrected chi connectivity index (χ3v) is 0.803. The highest BCUT2D eigenvalue weighted by Crippen LogP contribution is 2.09. The average molecular weight is 114 g/mol. The zero-order chi connectivity index (χ0) is 5.98. The highest BCUT2D eigenvalue weighted by atomic mass is 16.7. The fourth-order valence-electron chi connectivity index (χ4n) is 0.474. The lowest BCUT2D eigenvalue weighted by molar-refractivity contribution is -0.129. The SMILES string of the molecule is C=C1COC(C=O)O1. The maximum atomic E-state index is 9.86. The monoisotopic (exact) mass is 114 g/mol. The summed E-state index contributed by atoms with van der Waals surface area (Å²) < 4.78 is 9.45. The van der Waals surface area contributed by atoms with E-state index >= 15 is 0 Å². The van der Waals surface area contributed by atoms with E-state index in [0.29, 0.717) is 18.7 Å². The van der Waals surface area contributed by atoms with Crippen LogP contribution in [-0.4, -0.2) is 19.2 Å². The normalized spacial score (nSPS) is 27.5. The van der Waals surface area contributed by atoms with Crippen molar-refractivity contribution in [2.75, 3.05) is 6.61 Å². The average Bonchev–Trinajstić information content (AvgIpc) is 2.14. The molecule has 0 saturated carbocycles. The van der Waals surface area contributed by atoms with Gasteiger partial charge in [-0.1, -0.05) is 6.58 Å². The molecule has 0 aliphatic carbocycles. The predicted molar refractivity (Wildman–Crippen MR) is 26.0 cm³/mol. The lowest BCUT2D eigenvalue weighted by atomic mass is 10.6. The fourth-order valence-corrected chi connectivity index (χ4v) is 0.474. The highest BCUT2D eigenvalue weighted by Gasteiger charge is 2.17. The molecule has 8 heavy (non-hydrogen) atoms. The van der Waals surface area contributed by atoms with Gasteiger partial charge in [0.15, 0.2) is 6.29 Å². The Morgan fingerprint density at radius 2 is 2.62 bits per heavy atom. The number of carbonyl (C=O) groups excluding carboxylic acids is 1. The van der Waals surface area contributed by atoms with Crippen LogP contribution in [-0.2, 0) is 14.3 Å². The number of aldehydes is 1. The first-order valence-corrected chi connectivity index (χ1v) is 2.24. The molecule has 0 aromatic rings. The van der Waals surface area contributed by atoms with E-state index in [0.717, 1.165) is 0 Å². The van der Waals surface area contributed by atoms with Crippen molar-refractivity contribution in [1.29, 1.82) is 0 Å². The van der Waals surface area contributed by atoms with E-state index in [1.165, 1.54) is 0 Å². The first-order chi connectivity index (χ1) is 3.83. The van der Waals surface area contributed by atoms with Crippen molar-refractivity contribution >= 4 is 6.29 Å². The first kappa shape index (κ1) is 5.31. The number of hydrogen-bond acceptors (Lipinski definition) is 3. The Morgan fingerprint density at radius 1 is 1.88 bits per heavy atom. The van der Waals surface area contributed by atoms with Crippen LogP contribution in [0.2, 0.25) is 0 Å². The molecule has 0 aromatic carbocycles. The molecule has 1 aliphatic rings. The number of ether oxygens (including phenoxy) is 2. The van der Waals surface area contributed by atoms with Crippen molar-refractivity contribution in [3.05, 3.63) is 12.3 Å². The quantitative estimate of drug-likeness (QED) is 0.452. The van der Waals surface area contributed by atoms with E-state index < -0.39 is 6.29 Å². The van der Waals surface area contributed by atoms with E-state index in [2.05, 4.69) is 6.58 Å². The van der Waals surface area contributed by atoms with Gasteiger partial charge in [0.2, 0.25) is 0 Å². The van der Waals surface area contributed by atoms with Crippen molar-refractivity contribution in [1.82, 2.24) is 0 Å². The Kier molecular flexibility index (Phi) is 1.30. The van der Waals surface area contributed by atoms with Crippen molar-refractivity contribution in [2.45, 2.75) is 6.29 Å². The molecule has 3 nitrogen and oxygen atoms in total. The van der Waals surface area contributed by atoms with Crippen LogP contribution >= 0.6 is 0 Å². The highest BCUT2D eigenvalue weighted by molar-refractivity contribution is 5.54. The molecule has 0 radical (unpaired) electrons. The van der Waals surface area contributed by atoms with Gasteiger partial charge in [-0.15, -0.1) is 0 Å². The third kappa shape index (κ3) is 0.869. The predicted octanol–water partition coefficient (Wildman–Crippen LogP) is 0.0719. The minimum absolute atomic E-state index is 0.337. The van der Waals surface area contributed by atoms with Gasteiger partial charge in [0, 0.05) is 0 Å². The van der Waals surface area contributed by atoms with Gasteiger partial charge >= 0.3 is 0 Å². The number of carbonyl (C=O) groups is 1. The van der Waals surface area contributed by atoms with Gasteiger partial charge in [0.1, 0.15) is 12.4 Å². The molecule has 0 amide bonds. The van der Waals surface area contributed by atoms with Crippen LogP contribution in [0.4, 0.5) is 0 Å². The Bertz CT molecular complexity index is 119. The van der Waals surface area contributed by atoms with Crippen molar-refractivity contribution in [2.24, 2.45) is 0 Å². The third-order valence-electron chi connectivity index (χ3n) is 0.803. The lowest BCUT2D eigenvalue weighted by Crippen LogP contribution is -2.07. The van der Waals surface area contributed by atoms with Gasteiger partial charge in [0.05, 0.1) is 0 Å². The zero-order valence-corrected chi connectivity index (χ0v) is 4.29. The van der Waals surface area contributed by atoms with Crippen LogP contribution in [0.5, 0.6) is 0 Å². The maximum absolute atomic E-state index is 9.86. The summed E-state index contributed by atoms with van der Waals surface area (Å²) in [5.41, 5.74) is 0. The molecule has 0 aromatic heterocycles. The Labute approximate surface area is 46.9 Å². The van der Waals surface area contributed by atoms with Gasteiger partial charge in [-0.05, 0) is 0 Å². The molecule has 1 atom stereocenters. The molecular formula is C5H6O3. The van der Waals surface area contributed by atoms with Gasteiger partial charge in [0.25, 0.3) is 6.29 Å². The summed E-state index contributed by atoms with van der Waals surface area (Å²) in [7, 11) is 0. The van der Waals surface area contributed by atoms with Crippen molar-refractivity contribution in [3.63, 3.8) is 0 Å². The topological polar surface area (TPSA) is 35.5 Å². The van der Waals surface area contributed by atoms with Crippen LogP contribution in [0.25, 0.3) is 0 Å². The van der Waals surface area contributed by atoms with Crippen LogP contribution < -0.4 is 0 Å². The Balaban J connectivity index is 2.43. The molecule has 44 valence electrons. The van der Waals surface area contributed by atoms with Crippen molar-refractivity contribution in [3.8, 4) is 0 Å². The molecule has 3 heteroatoms. The molecule has 0 bridgehead atoms. The molecule has 1 fully saturated rings. The smallest absolute Gasteiger partial charge is 0.256 e.